The summed E-state index contributed by atoms with van der Waals surface area (Å²) in [4.78, 5) is 14.3. The third-order valence-corrected chi connectivity index (χ3v) is 5.94. The number of ether oxygens (including phenoxy) is 1. The Morgan fingerprint density at radius 1 is 1.41 bits per heavy atom. The molecule has 1 aromatic rings. The number of nitrogens with zero attached hydrogens (tertiary/aromatic N) is 1. The molecule has 0 aliphatic carbocycles. The summed E-state index contributed by atoms with van der Waals surface area (Å²) < 4.78 is 7.01. The third-order valence-electron chi connectivity index (χ3n) is 3.43. The van der Waals surface area contributed by atoms with E-state index in [4.69, 9.17) is 4.74 Å². The predicted molar refractivity (Wildman–Crippen MR) is 66.3 cm³/mol. The van der Waals surface area contributed by atoms with Gasteiger partial charge in [-0.2, -0.15) is 0 Å². The summed E-state index contributed by atoms with van der Waals surface area (Å²) in [5.41, 5.74) is -0.321. The second kappa shape index (κ2) is 4.13. The van der Waals surface area contributed by atoms with Gasteiger partial charge in [0, 0.05) is 0 Å². The molecular weight excluding hydrogens is 281 g/mol. The van der Waals surface area contributed by atoms with Gasteiger partial charge < -0.3 is 0 Å². The molecule has 1 amide bonds. The molecule has 4 heteroatoms. The van der Waals surface area contributed by atoms with E-state index < -0.39 is 0 Å². The average molecular weight is 296 g/mol. The van der Waals surface area contributed by atoms with Crippen LogP contribution in [0.3, 0.4) is 0 Å². The fraction of sp³-hybridized carbons (Fsp3) is 0.462. The second-order valence-electron chi connectivity index (χ2n) is 4.64. The summed E-state index contributed by atoms with van der Waals surface area (Å²) in [5.74, 6) is 0.286. The van der Waals surface area contributed by atoms with Crippen LogP contribution in [-0.2, 0) is 9.53 Å². The minimum absolute atomic E-state index is 0.148. The number of fused-ring (bicyclic) bond motifs is 1. The maximum atomic E-state index is 12.3. The summed E-state index contributed by atoms with van der Waals surface area (Å²) in [5, 5.41) is 0. The van der Waals surface area contributed by atoms with Gasteiger partial charge in [-0.25, -0.2) is 0 Å². The molecule has 0 unspecified atom stereocenters. The quantitative estimate of drug-likeness (QED) is 0.755. The molecule has 3 rings (SSSR count). The summed E-state index contributed by atoms with van der Waals surface area (Å²) in [6.07, 6.45) is 0.848. The van der Waals surface area contributed by atoms with Crippen LogP contribution in [0.15, 0.2) is 30.3 Å². The van der Waals surface area contributed by atoms with Gasteiger partial charge in [0.1, 0.15) is 0 Å². The van der Waals surface area contributed by atoms with Crippen molar-refractivity contribution in [2.45, 2.75) is 23.9 Å². The predicted octanol–water partition coefficient (Wildman–Crippen LogP) is 0.783. The van der Waals surface area contributed by atoms with Crippen molar-refractivity contribution in [1.82, 2.24) is 4.90 Å². The van der Waals surface area contributed by atoms with Crippen molar-refractivity contribution in [3.63, 3.8) is 0 Å². The molecule has 2 aliphatic rings. The summed E-state index contributed by atoms with van der Waals surface area (Å²) in [6, 6.07) is 10.3. The van der Waals surface area contributed by atoms with E-state index in [-0.39, 0.29) is 31.4 Å². The van der Waals surface area contributed by atoms with Crippen LogP contribution in [0, 0.1) is 0 Å². The molecule has 0 N–H and O–H groups in total. The van der Waals surface area contributed by atoms with Crippen LogP contribution in [0.5, 0.6) is 0 Å². The summed E-state index contributed by atoms with van der Waals surface area (Å²) in [6.45, 7) is 3.49. The Morgan fingerprint density at radius 2 is 2.18 bits per heavy atom. The molecule has 2 saturated heterocycles. The zero-order valence-corrected chi connectivity index (χ0v) is 11.5. The van der Waals surface area contributed by atoms with Crippen LogP contribution in [0.25, 0.3) is 0 Å². The van der Waals surface area contributed by atoms with E-state index in [1.54, 1.807) is 0 Å². The van der Waals surface area contributed by atoms with Crippen LogP contribution < -0.4 is 4.46 Å². The second-order valence-corrected chi connectivity index (χ2v) is 7.31. The fourth-order valence-electron chi connectivity index (χ4n) is 2.54. The molecule has 2 atom stereocenters. The van der Waals surface area contributed by atoms with Crippen LogP contribution in [0.1, 0.15) is 13.3 Å². The number of carbonyl (C=O) groups is 1. The standard InChI is InChI=1S/C13H15NO2Se/c1-13-9-11(12(15)14(13)7-8-16-13)17-10-5-3-2-4-6-10/h2-6,11H,7-9H2,1H3/t11-,13+/m0/s1. The van der Waals surface area contributed by atoms with Crippen molar-refractivity contribution >= 4 is 25.3 Å². The Bertz CT molecular complexity index is 436. The first-order valence-corrected chi connectivity index (χ1v) is 7.71. The molecule has 0 saturated carbocycles. The molecule has 0 aromatic heterocycles. The van der Waals surface area contributed by atoms with Crippen molar-refractivity contribution in [2.24, 2.45) is 0 Å². The Kier molecular flexibility index (Phi) is 2.74. The van der Waals surface area contributed by atoms with Gasteiger partial charge in [-0.15, -0.1) is 0 Å². The number of hydrogen-bond donors (Lipinski definition) is 0. The van der Waals surface area contributed by atoms with E-state index in [9.17, 15) is 4.79 Å². The molecule has 2 heterocycles. The van der Waals surface area contributed by atoms with Crippen molar-refractivity contribution in [3.05, 3.63) is 30.3 Å². The number of carbonyl (C=O) groups excluding carboxylic acids is 1. The van der Waals surface area contributed by atoms with E-state index in [1.807, 2.05) is 30.0 Å². The van der Waals surface area contributed by atoms with Crippen LogP contribution in [0.4, 0.5) is 0 Å². The number of rotatable bonds is 2. The molecule has 0 bridgehead atoms. The molecule has 17 heavy (non-hydrogen) atoms. The van der Waals surface area contributed by atoms with E-state index in [1.165, 1.54) is 4.46 Å². The number of benzene rings is 1. The zero-order valence-electron chi connectivity index (χ0n) is 9.76. The van der Waals surface area contributed by atoms with Gasteiger partial charge in [0.2, 0.25) is 0 Å². The monoisotopic (exact) mass is 297 g/mol. The van der Waals surface area contributed by atoms with Crippen molar-refractivity contribution in [1.29, 1.82) is 0 Å². The Balaban J connectivity index is 1.77. The van der Waals surface area contributed by atoms with Gasteiger partial charge in [0.15, 0.2) is 0 Å². The van der Waals surface area contributed by atoms with Gasteiger partial charge in [-0.1, -0.05) is 0 Å². The molecule has 1 aromatic carbocycles. The fourth-order valence-corrected chi connectivity index (χ4v) is 5.19. The van der Waals surface area contributed by atoms with Crippen LogP contribution in [-0.4, -0.2) is 44.6 Å². The van der Waals surface area contributed by atoms with Crippen molar-refractivity contribution in [3.8, 4) is 0 Å². The Labute approximate surface area is 107 Å². The zero-order chi connectivity index (χ0) is 11.9. The summed E-state index contributed by atoms with van der Waals surface area (Å²) >= 11 is 0.217. The Hall–Kier alpha value is -0.831. The molecule has 0 radical (unpaired) electrons. The van der Waals surface area contributed by atoms with Gasteiger partial charge in [0.05, 0.1) is 0 Å². The first-order valence-electron chi connectivity index (χ1n) is 5.86. The normalized spacial score (nSPS) is 31.9. The molecule has 90 valence electrons. The van der Waals surface area contributed by atoms with E-state index >= 15 is 0 Å². The molecule has 0 spiro atoms. The Morgan fingerprint density at radius 3 is 2.88 bits per heavy atom. The topological polar surface area (TPSA) is 29.5 Å². The van der Waals surface area contributed by atoms with Gasteiger partial charge in [-0.05, 0) is 0 Å². The van der Waals surface area contributed by atoms with E-state index in [0.29, 0.717) is 6.61 Å². The first kappa shape index (κ1) is 11.3. The van der Waals surface area contributed by atoms with Gasteiger partial charge >= 0.3 is 107 Å². The first-order chi connectivity index (χ1) is 8.19. The number of amides is 1. The maximum absolute atomic E-state index is 12.3. The molecule has 2 fully saturated rings. The SMILES string of the molecule is C[C@@]12C[C@H]([Se]c3ccccc3)C(=O)N1CCO2. The van der Waals surface area contributed by atoms with Crippen molar-refractivity contribution < 1.29 is 9.53 Å². The average Bonchev–Trinajstić information content (AvgIpc) is 2.79. The molecule has 3 nitrogen and oxygen atoms in total. The van der Waals surface area contributed by atoms with Gasteiger partial charge in [0.25, 0.3) is 0 Å². The van der Waals surface area contributed by atoms with E-state index in [0.717, 1.165) is 13.0 Å². The summed E-state index contributed by atoms with van der Waals surface area (Å²) in [7, 11) is 0. The van der Waals surface area contributed by atoms with Gasteiger partial charge in [-0.3, -0.25) is 0 Å². The minimum atomic E-state index is -0.321. The third kappa shape index (κ3) is 1.90. The molecular formula is C13H15NO2Se. The van der Waals surface area contributed by atoms with Crippen molar-refractivity contribution in [2.75, 3.05) is 13.2 Å². The van der Waals surface area contributed by atoms with Crippen LogP contribution in [0.2, 0.25) is 4.82 Å². The molecule has 2 aliphatic heterocycles. The van der Waals surface area contributed by atoms with E-state index in [2.05, 4.69) is 12.1 Å². The number of hydrogen-bond acceptors (Lipinski definition) is 2. The van der Waals surface area contributed by atoms with Crippen LogP contribution >= 0.6 is 0 Å².